The Hall–Kier alpha value is -3.23. The Balaban J connectivity index is 1.40. The maximum absolute atomic E-state index is 13.7. The van der Waals surface area contributed by atoms with Crippen LogP contribution in [-0.2, 0) is 16.1 Å². The maximum Gasteiger partial charge on any atom is 0.262 e. The van der Waals surface area contributed by atoms with Gasteiger partial charge in [0.2, 0.25) is 5.91 Å². The van der Waals surface area contributed by atoms with E-state index < -0.39 is 0 Å². The van der Waals surface area contributed by atoms with Crippen molar-refractivity contribution in [1.29, 1.82) is 0 Å². The lowest BCUT2D eigenvalue weighted by Crippen LogP contribution is -2.39. The Bertz CT molecular complexity index is 1270. The predicted octanol–water partition coefficient (Wildman–Crippen LogP) is 3.03. The van der Waals surface area contributed by atoms with Gasteiger partial charge in [0.1, 0.15) is 18.1 Å². The number of carbonyl (C=O) groups excluding carboxylic acids is 1. The van der Waals surface area contributed by atoms with Crippen LogP contribution in [0.4, 0.5) is 0 Å². The van der Waals surface area contributed by atoms with Crippen LogP contribution in [0.1, 0.15) is 19.8 Å². The first-order chi connectivity index (χ1) is 17.5. The van der Waals surface area contributed by atoms with Crippen molar-refractivity contribution in [2.45, 2.75) is 32.4 Å². The molecule has 1 saturated heterocycles. The largest absolute Gasteiger partial charge is 0.493 e. The second kappa shape index (κ2) is 10.8. The molecule has 190 valence electrons. The Morgan fingerprint density at radius 3 is 2.64 bits per heavy atom. The van der Waals surface area contributed by atoms with Gasteiger partial charge in [0.05, 0.1) is 30.7 Å². The van der Waals surface area contributed by atoms with Crippen molar-refractivity contribution in [2.24, 2.45) is 5.92 Å². The molecule has 1 aliphatic heterocycles. The second-order valence-electron chi connectivity index (χ2n) is 9.94. The fraction of sp³-hybridized carbons (Fsp3) is 0.464. The average molecular weight is 491 g/mol. The van der Waals surface area contributed by atoms with Crippen molar-refractivity contribution >= 4 is 16.8 Å². The minimum atomic E-state index is -0.233. The normalized spacial score (nSPS) is 17.2. The number of ether oxygens (including phenoxy) is 2. The van der Waals surface area contributed by atoms with Crippen LogP contribution in [0.2, 0.25) is 0 Å². The van der Waals surface area contributed by atoms with Gasteiger partial charge < -0.3 is 14.4 Å². The number of aromatic nitrogens is 2. The zero-order valence-electron chi connectivity index (χ0n) is 21.1. The number of carbonyl (C=O) groups is 1. The lowest BCUT2D eigenvalue weighted by molar-refractivity contribution is -0.131. The molecule has 2 aromatic carbocycles. The van der Waals surface area contributed by atoms with Crippen LogP contribution in [0.3, 0.4) is 0 Å². The predicted molar refractivity (Wildman–Crippen MR) is 139 cm³/mol. The van der Waals surface area contributed by atoms with E-state index in [2.05, 4.69) is 11.8 Å². The summed E-state index contributed by atoms with van der Waals surface area (Å²) in [5, 5.41) is 0.454. The van der Waals surface area contributed by atoms with Gasteiger partial charge in [0.15, 0.2) is 0 Å². The molecule has 1 aromatic heterocycles. The number of rotatable bonds is 9. The third-order valence-corrected chi connectivity index (χ3v) is 6.95. The van der Waals surface area contributed by atoms with Crippen molar-refractivity contribution in [3.63, 3.8) is 0 Å². The monoisotopic (exact) mass is 490 g/mol. The summed E-state index contributed by atoms with van der Waals surface area (Å²) < 4.78 is 13.0. The van der Waals surface area contributed by atoms with E-state index in [1.54, 1.807) is 11.0 Å². The van der Waals surface area contributed by atoms with E-state index in [0.29, 0.717) is 35.0 Å². The van der Waals surface area contributed by atoms with E-state index in [1.807, 2.05) is 49.5 Å². The van der Waals surface area contributed by atoms with Gasteiger partial charge in [-0.05, 0) is 31.0 Å². The molecule has 1 saturated carbocycles. The number of amides is 1. The quantitative estimate of drug-likeness (QED) is 0.459. The minimum Gasteiger partial charge on any atom is -0.493 e. The molecular weight excluding hydrogens is 456 g/mol. The summed E-state index contributed by atoms with van der Waals surface area (Å²) in [6.45, 7) is 7.08. The first-order valence-corrected chi connectivity index (χ1v) is 12.8. The van der Waals surface area contributed by atoms with Gasteiger partial charge in [0.25, 0.3) is 5.56 Å². The SMILES string of the molecule is C[C@H](COc1ccc2nc(-c3ccccc3)n(CC(=O)N(C)C3CC3)c(=O)c2c1)CN1CCOCC1. The van der Waals surface area contributed by atoms with Crippen LogP contribution >= 0.6 is 0 Å². The topological polar surface area (TPSA) is 76.9 Å². The number of likely N-dealkylation sites (N-methyl/N-ethyl adjacent to an activating group) is 1. The first-order valence-electron chi connectivity index (χ1n) is 12.8. The highest BCUT2D eigenvalue weighted by atomic mass is 16.5. The van der Waals surface area contributed by atoms with Crippen molar-refractivity contribution in [2.75, 3.05) is 46.5 Å². The van der Waals surface area contributed by atoms with Crippen LogP contribution in [0.5, 0.6) is 5.75 Å². The fourth-order valence-electron chi connectivity index (χ4n) is 4.67. The van der Waals surface area contributed by atoms with Gasteiger partial charge in [-0.2, -0.15) is 0 Å². The lowest BCUT2D eigenvalue weighted by atomic mass is 10.1. The van der Waals surface area contributed by atoms with E-state index in [4.69, 9.17) is 14.5 Å². The molecule has 3 aromatic rings. The third kappa shape index (κ3) is 5.60. The van der Waals surface area contributed by atoms with Gasteiger partial charge in [-0.3, -0.25) is 19.1 Å². The van der Waals surface area contributed by atoms with Crippen molar-refractivity contribution < 1.29 is 14.3 Å². The summed E-state index contributed by atoms with van der Waals surface area (Å²) in [6, 6.07) is 15.3. The van der Waals surface area contributed by atoms with Gasteiger partial charge in [-0.15, -0.1) is 0 Å². The molecule has 2 aliphatic rings. The van der Waals surface area contributed by atoms with Crippen molar-refractivity contribution in [3.05, 3.63) is 58.9 Å². The molecule has 2 fully saturated rings. The Kier molecular flexibility index (Phi) is 7.34. The molecule has 36 heavy (non-hydrogen) atoms. The third-order valence-electron chi connectivity index (χ3n) is 6.95. The molecule has 8 nitrogen and oxygen atoms in total. The molecule has 8 heteroatoms. The van der Waals surface area contributed by atoms with Gasteiger partial charge in [-0.25, -0.2) is 4.98 Å². The lowest BCUT2D eigenvalue weighted by Gasteiger charge is -2.29. The van der Waals surface area contributed by atoms with Crippen molar-refractivity contribution in [1.82, 2.24) is 19.4 Å². The van der Waals surface area contributed by atoms with E-state index in [9.17, 15) is 9.59 Å². The van der Waals surface area contributed by atoms with E-state index in [0.717, 1.165) is 51.3 Å². The molecule has 0 spiro atoms. The van der Waals surface area contributed by atoms with Crippen LogP contribution in [-0.4, -0.2) is 77.8 Å². The second-order valence-corrected chi connectivity index (χ2v) is 9.94. The van der Waals surface area contributed by atoms with Gasteiger partial charge >= 0.3 is 0 Å². The molecule has 5 rings (SSSR count). The number of nitrogens with zero attached hydrogens (tertiary/aromatic N) is 4. The summed E-state index contributed by atoms with van der Waals surface area (Å²) in [5.41, 5.74) is 1.16. The zero-order chi connectivity index (χ0) is 25.1. The zero-order valence-corrected chi connectivity index (χ0v) is 21.1. The summed E-state index contributed by atoms with van der Waals surface area (Å²) in [7, 11) is 1.81. The van der Waals surface area contributed by atoms with Crippen LogP contribution < -0.4 is 10.3 Å². The highest BCUT2D eigenvalue weighted by Gasteiger charge is 2.30. The average Bonchev–Trinajstić information content (AvgIpc) is 3.75. The molecular formula is C28H34N4O4. The number of morpholine rings is 1. The standard InChI is InChI=1S/C28H34N4O4/c1-20(17-31-12-14-35-15-13-31)19-36-23-10-11-25-24(16-23)28(34)32(18-26(33)30(2)22-8-9-22)27(29-25)21-6-4-3-5-7-21/h3-7,10-11,16,20,22H,8-9,12-15,17-19H2,1-2H3/t20-/m0/s1. The summed E-state index contributed by atoms with van der Waals surface area (Å²) in [5.74, 6) is 1.39. The number of fused-ring (bicyclic) bond motifs is 1. The fourth-order valence-corrected chi connectivity index (χ4v) is 4.67. The van der Waals surface area contributed by atoms with Gasteiger partial charge in [-0.1, -0.05) is 37.3 Å². The Morgan fingerprint density at radius 2 is 1.92 bits per heavy atom. The first kappa shape index (κ1) is 24.5. The Morgan fingerprint density at radius 1 is 1.17 bits per heavy atom. The summed E-state index contributed by atoms with van der Waals surface area (Å²) in [6.07, 6.45) is 2.03. The number of hydrogen-bond acceptors (Lipinski definition) is 6. The van der Waals surface area contributed by atoms with E-state index in [-0.39, 0.29) is 24.1 Å². The minimum absolute atomic E-state index is 0.0410. The highest BCUT2D eigenvalue weighted by Crippen LogP contribution is 2.26. The van der Waals surface area contributed by atoms with Gasteiger partial charge in [0, 0.05) is 44.2 Å². The van der Waals surface area contributed by atoms with Crippen LogP contribution in [0, 0.1) is 5.92 Å². The molecule has 0 radical (unpaired) electrons. The molecule has 0 N–H and O–H groups in total. The number of hydrogen-bond donors (Lipinski definition) is 0. The summed E-state index contributed by atoms with van der Waals surface area (Å²) in [4.78, 5) is 35.6. The molecule has 0 bridgehead atoms. The van der Waals surface area contributed by atoms with E-state index in [1.165, 1.54) is 4.57 Å². The van der Waals surface area contributed by atoms with Crippen molar-refractivity contribution in [3.8, 4) is 17.1 Å². The number of benzene rings is 2. The smallest absolute Gasteiger partial charge is 0.262 e. The molecule has 0 unspecified atom stereocenters. The molecule has 2 heterocycles. The van der Waals surface area contributed by atoms with Crippen LogP contribution in [0.15, 0.2) is 53.3 Å². The molecule has 1 atom stereocenters. The summed E-state index contributed by atoms with van der Waals surface area (Å²) >= 11 is 0. The van der Waals surface area contributed by atoms with E-state index >= 15 is 0 Å². The maximum atomic E-state index is 13.7. The highest BCUT2D eigenvalue weighted by molar-refractivity contribution is 5.83. The molecule has 1 amide bonds. The Labute approximate surface area is 211 Å². The van der Waals surface area contributed by atoms with Crippen LogP contribution in [0.25, 0.3) is 22.3 Å². The molecule has 1 aliphatic carbocycles.